The molecule has 104 valence electrons. The van der Waals surface area contributed by atoms with E-state index in [-0.39, 0.29) is 5.91 Å². The van der Waals surface area contributed by atoms with Gasteiger partial charge in [0, 0.05) is 21.9 Å². The predicted molar refractivity (Wildman–Crippen MR) is 89.3 cm³/mol. The van der Waals surface area contributed by atoms with Gasteiger partial charge in [0.1, 0.15) is 0 Å². The predicted octanol–water partition coefficient (Wildman–Crippen LogP) is 4.34. The maximum atomic E-state index is 12.1. The number of amides is 1. The summed E-state index contributed by atoms with van der Waals surface area (Å²) in [5.74, 6) is -0.183. The number of rotatable bonds is 4. The van der Waals surface area contributed by atoms with Gasteiger partial charge in [0.2, 0.25) is 0 Å². The summed E-state index contributed by atoms with van der Waals surface area (Å²) in [7, 11) is 1.64. The van der Waals surface area contributed by atoms with Gasteiger partial charge < -0.3 is 10.1 Å². The quantitative estimate of drug-likeness (QED) is 0.774. The molecule has 0 saturated heterocycles. The van der Waals surface area contributed by atoms with Crippen LogP contribution in [-0.4, -0.2) is 13.0 Å². The number of carbonyl (C=O) groups is 1. The Kier molecular flexibility index (Phi) is 5.39. The zero-order chi connectivity index (χ0) is 14.5. The van der Waals surface area contributed by atoms with Crippen LogP contribution in [-0.2, 0) is 11.3 Å². The molecule has 2 rings (SSSR count). The fraction of sp³-hybridized carbons (Fsp3) is 0.133. The summed E-state index contributed by atoms with van der Waals surface area (Å²) in [4.78, 5) is 12.1. The second-order valence-electron chi connectivity index (χ2n) is 4.22. The molecule has 0 bridgehead atoms. The molecule has 3 nitrogen and oxygen atoms in total. The van der Waals surface area contributed by atoms with Crippen LogP contribution in [0.2, 0.25) is 5.02 Å². The normalized spacial score (nSPS) is 10.3. The molecule has 1 amide bonds. The Balaban J connectivity index is 2.14. The third-order valence-electron chi connectivity index (χ3n) is 2.68. The Morgan fingerprint density at radius 3 is 2.80 bits per heavy atom. The molecule has 0 aliphatic carbocycles. The minimum absolute atomic E-state index is 0.183. The lowest BCUT2D eigenvalue weighted by molar-refractivity contribution is 0.102. The Hall–Kier alpha value is -1.11. The molecule has 1 N–H and O–H groups in total. The molecule has 5 heteroatoms. The van der Waals surface area contributed by atoms with Gasteiger partial charge in [-0.2, -0.15) is 0 Å². The summed E-state index contributed by atoms with van der Waals surface area (Å²) in [6, 6.07) is 12.8. The van der Waals surface area contributed by atoms with Gasteiger partial charge in [0.15, 0.2) is 0 Å². The molecule has 0 aromatic heterocycles. The monoisotopic (exact) mass is 401 g/mol. The van der Waals surface area contributed by atoms with E-state index in [1.807, 2.05) is 30.3 Å². The zero-order valence-electron chi connectivity index (χ0n) is 10.8. The Morgan fingerprint density at radius 1 is 1.30 bits per heavy atom. The highest BCUT2D eigenvalue weighted by atomic mass is 127. The summed E-state index contributed by atoms with van der Waals surface area (Å²) < 4.78 is 5.99. The SMILES string of the molecule is COCc1cccc(NC(=O)c2ccc(I)c(Cl)c2)c1. The van der Waals surface area contributed by atoms with Crippen molar-refractivity contribution in [2.45, 2.75) is 6.61 Å². The Bertz CT molecular complexity index is 631. The van der Waals surface area contributed by atoms with Crippen molar-refractivity contribution in [1.29, 1.82) is 0 Å². The topological polar surface area (TPSA) is 38.3 Å². The first-order chi connectivity index (χ1) is 9.60. The summed E-state index contributed by atoms with van der Waals surface area (Å²) in [5, 5.41) is 3.42. The number of benzene rings is 2. The van der Waals surface area contributed by atoms with Crippen molar-refractivity contribution in [2.24, 2.45) is 0 Å². The number of ether oxygens (including phenoxy) is 1. The standard InChI is InChI=1S/C15H13ClINO2/c1-20-9-10-3-2-4-12(7-10)18-15(19)11-5-6-14(17)13(16)8-11/h2-8H,9H2,1H3,(H,18,19). The van der Waals surface area contributed by atoms with Crippen molar-refractivity contribution in [3.8, 4) is 0 Å². The lowest BCUT2D eigenvalue weighted by atomic mass is 10.2. The second-order valence-corrected chi connectivity index (χ2v) is 5.79. The highest BCUT2D eigenvalue weighted by Crippen LogP contribution is 2.20. The van der Waals surface area contributed by atoms with Gasteiger partial charge in [-0.3, -0.25) is 4.79 Å². The molecule has 0 unspecified atom stereocenters. The van der Waals surface area contributed by atoms with Crippen LogP contribution in [0.1, 0.15) is 15.9 Å². The van der Waals surface area contributed by atoms with Crippen molar-refractivity contribution in [1.82, 2.24) is 0 Å². The van der Waals surface area contributed by atoms with Crippen molar-refractivity contribution >= 4 is 45.8 Å². The van der Waals surface area contributed by atoms with Crippen molar-refractivity contribution in [3.63, 3.8) is 0 Å². The molecular formula is C15H13ClINO2. The van der Waals surface area contributed by atoms with Crippen molar-refractivity contribution in [3.05, 3.63) is 62.2 Å². The third kappa shape index (κ3) is 3.94. The highest BCUT2D eigenvalue weighted by Gasteiger charge is 2.08. The smallest absolute Gasteiger partial charge is 0.255 e. The number of halogens is 2. The second kappa shape index (κ2) is 7.06. The maximum absolute atomic E-state index is 12.1. The van der Waals surface area contributed by atoms with E-state index in [1.54, 1.807) is 19.2 Å². The Morgan fingerprint density at radius 2 is 2.10 bits per heavy atom. The number of methoxy groups -OCH3 is 1. The number of anilines is 1. The van der Waals surface area contributed by atoms with E-state index in [2.05, 4.69) is 27.9 Å². The average Bonchev–Trinajstić information content (AvgIpc) is 2.42. The van der Waals surface area contributed by atoms with Gasteiger partial charge in [0.05, 0.1) is 11.6 Å². The van der Waals surface area contributed by atoms with Crippen LogP contribution in [0.3, 0.4) is 0 Å². The zero-order valence-corrected chi connectivity index (χ0v) is 13.7. The van der Waals surface area contributed by atoms with Crippen LogP contribution >= 0.6 is 34.2 Å². The largest absolute Gasteiger partial charge is 0.380 e. The van der Waals surface area contributed by atoms with E-state index >= 15 is 0 Å². The summed E-state index contributed by atoms with van der Waals surface area (Å²) in [6.45, 7) is 0.513. The number of carbonyl (C=O) groups excluding carboxylic acids is 1. The first-order valence-electron chi connectivity index (χ1n) is 5.94. The summed E-state index contributed by atoms with van der Waals surface area (Å²) >= 11 is 8.15. The fourth-order valence-electron chi connectivity index (χ4n) is 1.75. The summed E-state index contributed by atoms with van der Waals surface area (Å²) in [5.41, 5.74) is 2.28. The molecule has 0 heterocycles. The van der Waals surface area contributed by atoms with Crippen molar-refractivity contribution in [2.75, 3.05) is 12.4 Å². The molecule has 0 atom stereocenters. The molecular weight excluding hydrogens is 389 g/mol. The highest BCUT2D eigenvalue weighted by molar-refractivity contribution is 14.1. The van der Waals surface area contributed by atoms with Gasteiger partial charge in [-0.15, -0.1) is 0 Å². The van der Waals surface area contributed by atoms with E-state index < -0.39 is 0 Å². The molecule has 20 heavy (non-hydrogen) atoms. The van der Waals surface area contributed by atoms with Crippen LogP contribution in [0.5, 0.6) is 0 Å². The molecule has 0 saturated carbocycles. The van der Waals surface area contributed by atoms with Crippen LogP contribution in [0.15, 0.2) is 42.5 Å². The van der Waals surface area contributed by atoms with Gasteiger partial charge in [-0.1, -0.05) is 23.7 Å². The first-order valence-corrected chi connectivity index (χ1v) is 7.40. The van der Waals surface area contributed by atoms with E-state index in [4.69, 9.17) is 16.3 Å². The fourth-order valence-corrected chi connectivity index (χ4v) is 2.26. The van der Waals surface area contributed by atoms with Gasteiger partial charge in [-0.05, 0) is 58.5 Å². The van der Waals surface area contributed by atoms with Gasteiger partial charge >= 0.3 is 0 Å². The maximum Gasteiger partial charge on any atom is 0.255 e. The average molecular weight is 402 g/mol. The number of nitrogens with one attached hydrogen (secondary N) is 1. The lowest BCUT2D eigenvalue weighted by Gasteiger charge is -2.08. The van der Waals surface area contributed by atoms with Crippen LogP contribution in [0.25, 0.3) is 0 Å². The van der Waals surface area contributed by atoms with Crippen LogP contribution in [0.4, 0.5) is 5.69 Å². The van der Waals surface area contributed by atoms with E-state index in [0.717, 1.165) is 14.8 Å². The van der Waals surface area contributed by atoms with Gasteiger partial charge in [0.25, 0.3) is 5.91 Å². The molecule has 2 aromatic carbocycles. The first kappa shape index (κ1) is 15.3. The van der Waals surface area contributed by atoms with Crippen LogP contribution in [0, 0.1) is 3.57 Å². The number of hydrogen-bond acceptors (Lipinski definition) is 2. The minimum Gasteiger partial charge on any atom is -0.380 e. The molecule has 0 fully saturated rings. The van der Waals surface area contributed by atoms with E-state index in [9.17, 15) is 4.79 Å². The molecule has 0 radical (unpaired) electrons. The van der Waals surface area contributed by atoms with Crippen molar-refractivity contribution < 1.29 is 9.53 Å². The third-order valence-corrected chi connectivity index (χ3v) is 4.25. The molecule has 0 aliphatic rings. The Labute approximate surface area is 136 Å². The minimum atomic E-state index is -0.183. The lowest BCUT2D eigenvalue weighted by Crippen LogP contribution is -2.12. The molecule has 0 aliphatic heterocycles. The van der Waals surface area contributed by atoms with Gasteiger partial charge in [-0.25, -0.2) is 0 Å². The molecule has 2 aromatic rings. The van der Waals surface area contributed by atoms with Crippen LogP contribution < -0.4 is 5.32 Å². The van der Waals surface area contributed by atoms with E-state index in [1.165, 1.54) is 0 Å². The number of hydrogen-bond donors (Lipinski definition) is 1. The molecule has 0 spiro atoms. The van der Waals surface area contributed by atoms with E-state index in [0.29, 0.717) is 17.2 Å². The summed E-state index contributed by atoms with van der Waals surface area (Å²) in [6.07, 6.45) is 0.